The van der Waals surface area contributed by atoms with Gasteiger partial charge in [0.15, 0.2) is 0 Å². The largest absolute Gasteiger partial charge is 0.392 e. The first-order chi connectivity index (χ1) is 8.08. The Morgan fingerprint density at radius 1 is 1.29 bits per heavy atom. The molecule has 0 atom stereocenters. The summed E-state index contributed by atoms with van der Waals surface area (Å²) in [5, 5.41) is 0. The number of carbonyl (C=O) groups excluding carboxylic acids is 1. The van der Waals surface area contributed by atoms with E-state index in [0.717, 1.165) is 12.8 Å². The van der Waals surface area contributed by atoms with E-state index < -0.39 is 5.41 Å². The van der Waals surface area contributed by atoms with Gasteiger partial charge in [-0.15, -0.1) is 0 Å². The van der Waals surface area contributed by atoms with Crippen LogP contribution in [0.15, 0.2) is 0 Å². The Labute approximate surface area is 107 Å². The van der Waals surface area contributed by atoms with Crippen LogP contribution in [0.4, 0.5) is 0 Å². The molecular formula is C11H20N2O3S. The lowest BCUT2D eigenvalue weighted by Crippen LogP contribution is -2.45. The third-order valence-corrected chi connectivity index (χ3v) is 3.44. The number of amides is 1. The van der Waals surface area contributed by atoms with Crippen molar-refractivity contribution >= 4 is 23.1 Å². The summed E-state index contributed by atoms with van der Waals surface area (Å²) in [6.45, 7) is 2.10. The van der Waals surface area contributed by atoms with E-state index in [9.17, 15) is 4.79 Å². The Hall–Kier alpha value is -0.720. The molecule has 1 fully saturated rings. The molecule has 1 amide bonds. The van der Waals surface area contributed by atoms with E-state index in [4.69, 9.17) is 27.4 Å². The fraction of sp³-hybridized carbons (Fsp3) is 0.818. The van der Waals surface area contributed by atoms with E-state index in [1.807, 2.05) is 0 Å². The summed E-state index contributed by atoms with van der Waals surface area (Å²) in [5.41, 5.74) is 5.06. The van der Waals surface area contributed by atoms with E-state index >= 15 is 0 Å². The minimum absolute atomic E-state index is 0.0131. The van der Waals surface area contributed by atoms with Crippen LogP contribution in [0.5, 0.6) is 0 Å². The van der Waals surface area contributed by atoms with Gasteiger partial charge in [0, 0.05) is 27.3 Å². The van der Waals surface area contributed by atoms with E-state index in [0.29, 0.717) is 31.3 Å². The maximum atomic E-state index is 12.3. The minimum atomic E-state index is -0.586. The Balaban J connectivity index is 2.62. The number of hydrogen-bond acceptors (Lipinski definition) is 4. The normalized spacial score (nSPS) is 16.6. The lowest BCUT2D eigenvalue weighted by Gasteiger charge is -2.26. The van der Waals surface area contributed by atoms with Crippen molar-refractivity contribution in [2.24, 2.45) is 11.1 Å². The van der Waals surface area contributed by atoms with Crippen LogP contribution in [0, 0.1) is 5.41 Å². The van der Waals surface area contributed by atoms with E-state index in [2.05, 4.69) is 0 Å². The molecule has 0 bridgehead atoms. The number of nitrogens with two attached hydrogens (primary N) is 1. The summed E-state index contributed by atoms with van der Waals surface area (Å²) in [6.07, 6.45) is 1.52. The SMILES string of the molecule is COCCN(CCOC)C(=O)C1(C(N)=S)CC1. The van der Waals surface area contributed by atoms with Gasteiger partial charge in [-0.3, -0.25) is 4.79 Å². The number of rotatable bonds is 8. The average molecular weight is 260 g/mol. The predicted octanol–water partition coefficient (Wildman–Crippen LogP) is 0.174. The molecule has 17 heavy (non-hydrogen) atoms. The van der Waals surface area contributed by atoms with Gasteiger partial charge in [0.05, 0.1) is 23.6 Å². The number of thiocarbonyl (C=S) groups is 1. The van der Waals surface area contributed by atoms with Gasteiger partial charge in [-0.1, -0.05) is 12.2 Å². The maximum Gasteiger partial charge on any atom is 0.235 e. The number of ether oxygens (including phenoxy) is 2. The van der Waals surface area contributed by atoms with Gasteiger partial charge in [-0.2, -0.15) is 0 Å². The van der Waals surface area contributed by atoms with E-state index in [-0.39, 0.29) is 5.91 Å². The van der Waals surface area contributed by atoms with Crippen molar-refractivity contribution in [3.05, 3.63) is 0 Å². The third-order valence-electron chi connectivity index (χ3n) is 3.05. The zero-order valence-electron chi connectivity index (χ0n) is 10.4. The van der Waals surface area contributed by atoms with Gasteiger partial charge in [-0.05, 0) is 12.8 Å². The van der Waals surface area contributed by atoms with E-state index in [1.165, 1.54) is 0 Å². The first-order valence-corrected chi connectivity index (χ1v) is 6.06. The molecule has 1 saturated carbocycles. The molecule has 0 aliphatic heterocycles. The molecule has 0 aromatic carbocycles. The monoisotopic (exact) mass is 260 g/mol. The van der Waals surface area contributed by atoms with Crippen molar-refractivity contribution < 1.29 is 14.3 Å². The standard InChI is InChI=1S/C11H20N2O3S/c1-15-7-5-13(6-8-16-2)10(14)11(3-4-11)9(12)17/h3-8H2,1-2H3,(H2,12,17). The van der Waals surface area contributed by atoms with Crippen molar-refractivity contribution in [1.29, 1.82) is 0 Å². The van der Waals surface area contributed by atoms with Crippen molar-refractivity contribution in [3.63, 3.8) is 0 Å². The molecule has 0 unspecified atom stereocenters. The van der Waals surface area contributed by atoms with Crippen molar-refractivity contribution in [2.75, 3.05) is 40.5 Å². The summed E-state index contributed by atoms with van der Waals surface area (Å²) in [5.74, 6) is 0.0131. The van der Waals surface area contributed by atoms with Gasteiger partial charge in [0.2, 0.25) is 5.91 Å². The van der Waals surface area contributed by atoms with E-state index in [1.54, 1.807) is 19.1 Å². The van der Waals surface area contributed by atoms with Crippen LogP contribution in [0.3, 0.4) is 0 Å². The summed E-state index contributed by atoms with van der Waals surface area (Å²) < 4.78 is 9.99. The van der Waals surface area contributed by atoms with Crippen LogP contribution >= 0.6 is 12.2 Å². The molecule has 2 N–H and O–H groups in total. The van der Waals surface area contributed by atoms with Gasteiger partial charge in [-0.25, -0.2) is 0 Å². The van der Waals surface area contributed by atoms with Crippen molar-refractivity contribution in [2.45, 2.75) is 12.8 Å². The molecule has 1 rings (SSSR count). The number of carbonyl (C=O) groups is 1. The molecule has 1 aliphatic rings. The second kappa shape index (κ2) is 6.28. The van der Waals surface area contributed by atoms with Crippen LogP contribution in [0.2, 0.25) is 0 Å². The Morgan fingerprint density at radius 3 is 2.06 bits per heavy atom. The fourth-order valence-corrected chi connectivity index (χ4v) is 2.00. The first kappa shape index (κ1) is 14.3. The second-order valence-corrected chi connectivity index (χ2v) is 4.66. The molecule has 0 aromatic rings. The lowest BCUT2D eigenvalue weighted by atomic mass is 10.1. The van der Waals surface area contributed by atoms with Crippen molar-refractivity contribution in [3.8, 4) is 0 Å². The number of hydrogen-bond donors (Lipinski definition) is 1. The topological polar surface area (TPSA) is 64.8 Å². The molecule has 0 spiro atoms. The van der Waals surface area contributed by atoms with Crippen LogP contribution < -0.4 is 5.73 Å². The highest BCUT2D eigenvalue weighted by Gasteiger charge is 2.54. The Kier molecular flexibility index (Phi) is 5.30. The van der Waals surface area contributed by atoms with Crippen LogP contribution in [-0.2, 0) is 14.3 Å². The molecule has 98 valence electrons. The summed E-state index contributed by atoms with van der Waals surface area (Å²) >= 11 is 4.98. The highest BCUT2D eigenvalue weighted by Crippen LogP contribution is 2.47. The molecule has 5 nitrogen and oxygen atoms in total. The van der Waals surface area contributed by atoms with Crippen LogP contribution in [-0.4, -0.2) is 56.3 Å². The zero-order valence-corrected chi connectivity index (χ0v) is 11.2. The smallest absolute Gasteiger partial charge is 0.235 e. The quantitative estimate of drug-likeness (QED) is 0.630. The molecule has 0 heterocycles. The molecule has 0 saturated heterocycles. The Bertz CT molecular complexity index is 284. The van der Waals surface area contributed by atoms with Gasteiger partial charge >= 0.3 is 0 Å². The highest BCUT2D eigenvalue weighted by atomic mass is 32.1. The number of nitrogens with zero attached hydrogens (tertiary/aromatic N) is 1. The number of methoxy groups -OCH3 is 2. The van der Waals surface area contributed by atoms with Crippen LogP contribution in [0.25, 0.3) is 0 Å². The molecule has 6 heteroatoms. The maximum absolute atomic E-state index is 12.3. The predicted molar refractivity (Wildman–Crippen MR) is 68.8 cm³/mol. The lowest BCUT2D eigenvalue weighted by molar-refractivity contribution is -0.135. The van der Waals surface area contributed by atoms with Gasteiger partial charge in [0.25, 0.3) is 0 Å². The zero-order chi connectivity index (χ0) is 12.9. The fourth-order valence-electron chi connectivity index (χ4n) is 1.71. The summed E-state index contributed by atoms with van der Waals surface area (Å²) in [6, 6.07) is 0. The van der Waals surface area contributed by atoms with Gasteiger partial charge < -0.3 is 20.1 Å². The molecule has 0 aromatic heterocycles. The summed E-state index contributed by atoms with van der Waals surface area (Å²) in [4.78, 5) is 14.4. The third kappa shape index (κ3) is 3.37. The Morgan fingerprint density at radius 2 is 1.76 bits per heavy atom. The highest BCUT2D eigenvalue weighted by molar-refractivity contribution is 7.80. The molecule has 1 aliphatic carbocycles. The molecule has 0 radical (unpaired) electrons. The minimum Gasteiger partial charge on any atom is -0.392 e. The average Bonchev–Trinajstić information content (AvgIpc) is 3.09. The molecular weight excluding hydrogens is 240 g/mol. The second-order valence-electron chi connectivity index (χ2n) is 4.22. The van der Waals surface area contributed by atoms with Gasteiger partial charge in [0.1, 0.15) is 0 Å². The van der Waals surface area contributed by atoms with Crippen molar-refractivity contribution in [1.82, 2.24) is 4.90 Å². The summed E-state index contributed by atoms with van der Waals surface area (Å²) in [7, 11) is 3.22. The first-order valence-electron chi connectivity index (χ1n) is 5.65. The van der Waals surface area contributed by atoms with Crippen LogP contribution in [0.1, 0.15) is 12.8 Å².